The number of nitrogens with one attached hydrogen (secondary N) is 1. The number of nitrogens with zero attached hydrogens (tertiary/aromatic N) is 2. The van der Waals surface area contributed by atoms with E-state index in [4.69, 9.17) is 16.3 Å². The summed E-state index contributed by atoms with van der Waals surface area (Å²) >= 11 is 5.87. The Morgan fingerprint density at radius 2 is 2.00 bits per heavy atom. The lowest BCUT2D eigenvalue weighted by Gasteiger charge is -2.12. The highest BCUT2D eigenvalue weighted by molar-refractivity contribution is 6.47. The summed E-state index contributed by atoms with van der Waals surface area (Å²) in [4.78, 5) is 28.7. The highest BCUT2D eigenvalue weighted by Crippen LogP contribution is 2.26. The average Bonchev–Trinajstić information content (AvgIpc) is 3.07. The molecule has 7 heteroatoms. The van der Waals surface area contributed by atoms with E-state index in [1.54, 1.807) is 54.4 Å². The van der Waals surface area contributed by atoms with Crippen molar-refractivity contribution in [1.29, 1.82) is 0 Å². The van der Waals surface area contributed by atoms with Crippen molar-refractivity contribution in [2.75, 3.05) is 12.4 Å². The number of ether oxygens (including phenoxy) is 1. The molecule has 26 heavy (non-hydrogen) atoms. The molecule has 132 valence electrons. The monoisotopic (exact) mass is 369 g/mol. The van der Waals surface area contributed by atoms with Crippen molar-refractivity contribution in [1.82, 2.24) is 9.55 Å². The molecule has 0 aliphatic carbocycles. The molecule has 3 aromatic rings. The molecule has 2 aromatic carbocycles. The Morgan fingerprint density at radius 1 is 1.19 bits per heavy atom. The molecule has 3 rings (SSSR count). The van der Waals surface area contributed by atoms with Crippen LogP contribution in [0.2, 0.25) is 5.02 Å². The second kappa shape index (κ2) is 7.41. The third-order valence-electron chi connectivity index (χ3n) is 3.72. The van der Waals surface area contributed by atoms with E-state index < -0.39 is 11.7 Å². The van der Waals surface area contributed by atoms with Gasteiger partial charge in [-0.3, -0.25) is 9.59 Å². The molecule has 1 aromatic heterocycles. The van der Waals surface area contributed by atoms with Gasteiger partial charge in [0.15, 0.2) is 0 Å². The predicted octanol–water partition coefficient (Wildman–Crippen LogP) is 3.66. The van der Waals surface area contributed by atoms with Gasteiger partial charge in [-0.1, -0.05) is 23.7 Å². The van der Waals surface area contributed by atoms with Crippen molar-refractivity contribution in [3.8, 4) is 11.4 Å². The van der Waals surface area contributed by atoms with E-state index in [1.807, 2.05) is 13.1 Å². The number of aryl methyl sites for hydroxylation is 1. The first kappa shape index (κ1) is 17.7. The van der Waals surface area contributed by atoms with Crippen LogP contribution in [-0.4, -0.2) is 28.4 Å². The van der Waals surface area contributed by atoms with Crippen LogP contribution in [0.5, 0.6) is 5.75 Å². The lowest BCUT2D eigenvalue weighted by Crippen LogP contribution is -2.22. The molecule has 0 saturated heterocycles. The number of rotatable bonds is 5. The number of benzene rings is 2. The number of aromatic nitrogens is 2. The molecule has 0 aliphatic rings. The minimum atomic E-state index is -0.745. The maximum absolute atomic E-state index is 12.3. The molecule has 0 bridgehead atoms. The van der Waals surface area contributed by atoms with Crippen LogP contribution in [0.3, 0.4) is 0 Å². The third-order valence-corrected chi connectivity index (χ3v) is 3.95. The van der Waals surface area contributed by atoms with Crippen molar-refractivity contribution in [3.05, 3.63) is 71.3 Å². The number of carbonyl (C=O) groups excluding carboxylic acids is 2. The van der Waals surface area contributed by atoms with E-state index in [1.165, 1.54) is 6.07 Å². The Kier molecular flexibility index (Phi) is 5.04. The van der Waals surface area contributed by atoms with Gasteiger partial charge in [-0.15, -0.1) is 0 Å². The van der Waals surface area contributed by atoms with Crippen LogP contribution < -0.4 is 10.1 Å². The molecule has 1 amide bonds. The number of amides is 1. The first-order chi connectivity index (χ1) is 12.5. The van der Waals surface area contributed by atoms with Gasteiger partial charge in [0.25, 0.3) is 11.7 Å². The molecule has 0 radical (unpaired) electrons. The number of hydrogen-bond donors (Lipinski definition) is 1. The standard InChI is InChI=1S/C19H16ClN3O3/c1-12-10-23(11-21-12)16-9-15(6-7-17(16)26-2)22-19(25)18(24)13-4-3-5-14(20)8-13/h3-11H,1-2H3,(H,22,25). The second-order valence-electron chi connectivity index (χ2n) is 5.60. The van der Waals surface area contributed by atoms with Gasteiger partial charge in [-0.05, 0) is 37.3 Å². The fraction of sp³-hybridized carbons (Fsp3) is 0.105. The molecule has 0 spiro atoms. The van der Waals surface area contributed by atoms with E-state index >= 15 is 0 Å². The molecule has 1 N–H and O–H groups in total. The molecule has 0 unspecified atom stereocenters. The number of halogens is 1. The van der Waals surface area contributed by atoms with Crippen molar-refractivity contribution < 1.29 is 14.3 Å². The minimum Gasteiger partial charge on any atom is -0.495 e. The van der Waals surface area contributed by atoms with Crippen LogP contribution in [0.4, 0.5) is 5.69 Å². The Hall–Kier alpha value is -3.12. The Bertz CT molecular complexity index is 982. The van der Waals surface area contributed by atoms with Crippen molar-refractivity contribution >= 4 is 29.0 Å². The number of imidazole rings is 1. The summed E-state index contributed by atoms with van der Waals surface area (Å²) in [5, 5.41) is 3.00. The molecular weight excluding hydrogens is 354 g/mol. The van der Waals surface area contributed by atoms with E-state index in [9.17, 15) is 9.59 Å². The van der Waals surface area contributed by atoms with Gasteiger partial charge in [0.2, 0.25) is 0 Å². The molecule has 0 saturated carbocycles. The zero-order chi connectivity index (χ0) is 18.7. The summed E-state index contributed by atoms with van der Waals surface area (Å²) in [6.45, 7) is 1.87. The zero-order valence-electron chi connectivity index (χ0n) is 14.2. The molecule has 6 nitrogen and oxygen atoms in total. The summed E-state index contributed by atoms with van der Waals surface area (Å²) < 4.78 is 7.14. The predicted molar refractivity (Wildman–Crippen MR) is 99.3 cm³/mol. The van der Waals surface area contributed by atoms with Gasteiger partial charge < -0.3 is 14.6 Å². The average molecular weight is 370 g/mol. The van der Waals surface area contributed by atoms with Gasteiger partial charge in [-0.25, -0.2) is 4.98 Å². The largest absolute Gasteiger partial charge is 0.495 e. The third kappa shape index (κ3) is 3.75. The number of carbonyl (C=O) groups is 2. The summed E-state index contributed by atoms with van der Waals surface area (Å²) in [6, 6.07) is 11.3. The molecule has 1 heterocycles. The summed E-state index contributed by atoms with van der Waals surface area (Å²) in [5.74, 6) is -0.796. The summed E-state index contributed by atoms with van der Waals surface area (Å²) in [7, 11) is 1.56. The SMILES string of the molecule is COc1ccc(NC(=O)C(=O)c2cccc(Cl)c2)cc1-n1cnc(C)c1. The van der Waals surface area contributed by atoms with Crippen LogP contribution in [0, 0.1) is 6.92 Å². The van der Waals surface area contributed by atoms with Crippen LogP contribution in [0.25, 0.3) is 5.69 Å². The number of methoxy groups -OCH3 is 1. The van der Waals surface area contributed by atoms with Gasteiger partial charge in [-0.2, -0.15) is 0 Å². The lowest BCUT2D eigenvalue weighted by molar-refractivity contribution is -0.112. The smallest absolute Gasteiger partial charge is 0.296 e. The molecule has 0 atom stereocenters. The first-order valence-corrected chi connectivity index (χ1v) is 8.16. The van der Waals surface area contributed by atoms with Gasteiger partial charge >= 0.3 is 0 Å². The quantitative estimate of drug-likeness (QED) is 0.550. The van der Waals surface area contributed by atoms with Gasteiger partial charge in [0.05, 0.1) is 24.8 Å². The first-order valence-electron chi connectivity index (χ1n) is 7.78. The lowest BCUT2D eigenvalue weighted by atomic mass is 10.1. The maximum Gasteiger partial charge on any atom is 0.296 e. The van der Waals surface area contributed by atoms with Crippen LogP contribution >= 0.6 is 11.6 Å². The normalized spacial score (nSPS) is 10.4. The second-order valence-corrected chi connectivity index (χ2v) is 6.04. The Morgan fingerprint density at radius 3 is 2.65 bits per heavy atom. The highest BCUT2D eigenvalue weighted by Gasteiger charge is 2.17. The van der Waals surface area contributed by atoms with Gasteiger partial charge in [0.1, 0.15) is 5.75 Å². The zero-order valence-corrected chi connectivity index (χ0v) is 14.9. The highest BCUT2D eigenvalue weighted by atomic mass is 35.5. The van der Waals surface area contributed by atoms with E-state index in [0.29, 0.717) is 22.1 Å². The Labute approximate surface area is 155 Å². The fourth-order valence-electron chi connectivity index (χ4n) is 2.47. The minimum absolute atomic E-state index is 0.231. The van der Waals surface area contributed by atoms with E-state index in [-0.39, 0.29) is 5.56 Å². The van der Waals surface area contributed by atoms with E-state index in [0.717, 1.165) is 5.69 Å². The van der Waals surface area contributed by atoms with Crippen molar-refractivity contribution in [3.63, 3.8) is 0 Å². The van der Waals surface area contributed by atoms with Crippen LogP contribution in [0.1, 0.15) is 16.1 Å². The van der Waals surface area contributed by atoms with Crippen molar-refractivity contribution in [2.45, 2.75) is 6.92 Å². The maximum atomic E-state index is 12.3. The topological polar surface area (TPSA) is 73.2 Å². The summed E-state index contributed by atoms with van der Waals surface area (Å²) in [5.41, 5.74) is 2.24. The Balaban J connectivity index is 1.86. The van der Waals surface area contributed by atoms with Crippen LogP contribution in [0.15, 0.2) is 55.0 Å². The fourth-order valence-corrected chi connectivity index (χ4v) is 2.66. The number of anilines is 1. The number of ketones is 1. The van der Waals surface area contributed by atoms with E-state index in [2.05, 4.69) is 10.3 Å². The van der Waals surface area contributed by atoms with Gasteiger partial charge in [0, 0.05) is 22.5 Å². The van der Waals surface area contributed by atoms with Crippen LogP contribution in [-0.2, 0) is 4.79 Å². The molecule has 0 fully saturated rings. The number of hydrogen-bond acceptors (Lipinski definition) is 4. The van der Waals surface area contributed by atoms with Crippen molar-refractivity contribution in [2.24, 2.45) is 0 Å². The molecule has 0 aliphatic heterocycles. The molecular formula is C19H16ClN3O3. The summed E-state index contributed by atoms with van der Waals surface area (Å²) in [6.07, 6.45) is 3.48. The number of Topliss-reactive ketones (excluding diaryl/α,β-unsaturated/α-hetero) is 1.